The minimum Gasteiger partial charge on any atom is -0.480 e. The molecule has 52 heavy (non-hydrogen) atoms. The van der Waals surface area contributed by atoms with Gasteiger partial charge in [-0.05, 0) is 83.6 Å². The first-order valence-electron chi connectivity index (χ1n) is 22.2. The molecule has 0 rings (SSSR count). The number of hydrogen-bond acceptors (Lipinski definition) is 5. The number of amides is 1. The predicted molar refractivity (Wildman–Crippen MR) is 220 cm³/mol. The predicted octanol–water partition coefficient (Wildman–Crippen LogP) is 12.5. The molecule has 0 spiro atoms. The van der Waals surface area contributed by atoms with Gasteiger partial charge in [0, 0.05) is 12.8 Å². The number of allylic oxidation sites excluding steroid dienone is 4. The van der Waals surface area contributed by atoms with Crippen molar-refractivity contribution in [3.63, 3.8) is 0 Å². The molecule has 0 aliphatic rings. The normalized spacial score (nSPS) is 12.8. The molecule has 304 valence electrons. The van der Waals surface area contributed by atoms with E-state index in [-0.39, 0.29) is 18.0 Å². The van der Waals surface area contributed by atoms with Gasteiger partial charge >= 0.3 is 11.9 Å². The number of carboxylic acid groups (broad SMARTS) is 1. The Labute approximate surface area is 321 Å². The van der Waals surface area contributed by atoms with Crippen molar-refractivity contribution in [2.75, 3.05) is 6.54 Å². The average molecular weight is 733 g/mol. The molecule has 2 unspecified atom stereocenters. The second kappa shape index (κ2) is 40.0. The zero-order valence-corrected chi connectivity index (χ0v) is 34.2. The number of aliphatic carboxylic acids is 1. The molecule has 7 heteroatoms. The van der Waals surface area contributed by atoms with Crippen molar-refractivity contribution in [2.45, 2.75) is 238 Å². The summed E-state index contributed by atoms with van der Waals surface area (Å²) >= 11 is 0. The van der Waals surface area contributed by atoms with Crippen molar-refractivity contribution in [1.29, 1.82) is 0 Å². The van der Waals surface area contributed by atoms with Gasteiger partial charge < -0.3 is 20.9 Å². The lowest BCUT2D eigenvalue weighted by Crippen LogP contribution is -2.40. The second-order valence-electron chi connectivity index (χ2n) is 15.1. The summed E-state index contributed by atoms with van der Waals surface area (Å²) in [5.41, 5.74) is 5.48. The molecule has 0 saturated heterocycles. The number of hydrogen-bond donors (Lipinski definition) is 3. The highest BCUT2D eigenvalue weighted by Crippen LogP contribution is 2.18. The molecule has 0 bridgehead atoms. The van der Waals surface area contributed by atoms with E-state index < -0.39 is 12.0 Å². The lowest BCUT2D eigenvalue weighted by atomic mass is 10.0. The number of esters is 1. The third-order valence-corrected chi connectivity index (χ3v) is 10.0. The zero-order chi connectivity index (χ0) is 38.2. The Morgan fingerprint density at radius 3 is 1.56 bits per heavy atom. The van der Waals surface area contributed by atoms with Gasteiger partial charge in [-0.25, -0.2) is 4.79 Å². The van der Waals surface area contributed by atoms with Crippen LogP contribution in [0, 0.1) is 0 Å². The molecule has 4 N–H and O–H groups in total. The molecular weight excluding hydrogens is 649 g/mol. The van der Waals surface area contributed by atoms with Crippen LogP contribution in [0.5, 0.6) is 0 Å². The fourth-order valence-corrected chi connectivity index (χ4v) is 6.66. The highest BCUT2D eigenvalue weighted by atomic mass is 16.5. The maximum Gasteiger partial charge on any atom is 0.326 e. The number of nitrogens with one attached hydrogen (secondary N) is 1. The van der Waals surface area contributed by atoms with Gasteiger partial charge in [-0.1, -0.05) is 160 Å². The molecule has 2 atom stereocenters. The van der Waals surface area contributed by atoms with Crippen LogP contribution in [-0.2, 0) is 19.1 Å². The molecule has 1 amide bonds. The summed E-state index contributed by atoms with van der Waals surface area (Å²) in [7, 11) is 0. The van der Waals surface area contributed by atoms with Crippen molar-refractivity contribution >= 4 is 17.8 Å². The van der Waals surface area contributed by atoms with Gasteiger partial charge in [0.1, 0.15) is 12.1 Å². The van der Waals surface area contributed by atoms with Gasteiger partial charge in [0.05, 0.1) is 0 Å². The fraction of sp³-hybridized carbons (Fsp3) is 0.844. The van der Waals surface area contributed by atoms with E-state index in [9.17, 15) is 19.5 Å². The Hall–Kier alpha value is -2.15. The summed E-state index contributed by atoms with van der Waals surface area (Å²) in [4.78, 5) is 36.3. The van der Waals surface area contributed by atoms with Gasteiger partial charge in [-0.3, -0.25) is 9.59 Å². The third kappa shape index (κ3) is 36.2. The molecule has 0 radical (unpaired) electrons. The molecule has 0 aromatic heterocycles. The van der Waals surface area contributed by atoms with Crippen molar-refractivity contribution in [1.82, 2.24) is 5.32 Å². The minimum atomic E-state index is -1.01. The van der Waals surface area contributed by atoms with Crippen LogP contribution in [0.1, 0.15) is 226 Å². The molecule has 0 aromatic carbocycles. The minimum absolute atomic E-state index is 0.0250. The lowest BCUT2D eigenvalue weighted by Gasteiger charge is -2.18. The second-order valence-corrected chi connectivity index (χ2v) is 15.1. The molecule has 0 heterocycles. The van der Waals surface area contributed by atoms with Crippen molar-refractivity contribution in [3.8, 4) is 0 Å². The Bertz CT molecular complexity index is 874. The summed E-state index contributed by atoms with van der Waals surface area (Å²) in [6.45, 7) is 4.92. The molecule has 0 fully saturated rings. The van der Waals surface area contributed by atoms with Crippen LogP contribution in [0.4, 0.5) is 0 Å². The Balaban J connectivity index is 4.32. The molecule has 0 aromatic rings. The SMILES string of the molecule is CCCCC/C=C\C/C=C\CCCC(CCCCCCCC(=O)NC(CCCN)C(=O)O)OC(=O)CCCCCCCCCCCCCCCCC. The maximum atomic E-state index is 12.8. The highest BCUT2D eigenvalue weighted by Gasteiger charge is 2.19. The average Bonchev–Trinajstić information content (AvgIpc) is 3.13. The maximum absolute atomic E-state index is 12.8. The van der Waals surface area contributed by atoms with Crippen LogP contribution < -0.4 is 11.1 Å². The third-order valence-electron chi connectivity index (χ3n) is 10.0. The van der Waals surface area contributed by atoms with Gasteiger partial charge in [0.15, 0.2) is 0 Å². The Kier molecular flexibility index (Phi) is 38.4. The van der Waals surface area contributed by atoms with E-state index in [1.807, 2.05) is 0 Å². The van der Waals surface area contributed by atoms with E-state index >= 15 is 0 Å². The number of rotatable bonds is 40. The summed E-state index contributed by atoms with van der Waals surface area (Å²) in [6.07, 6.45) is 45.1. The van der Waals surface area contributed by atoms with E-state index in [0.29, 0.717) is 32.2 Å². The van der Waals surface area contributed by atoms with E-state index in [4.69, 9.17) is 10.5 Å². The van der Waals surface area contributed by atoms with Crippen LogP contribution in [0.2, 0.25) is 0 Å². The van der Waals surface area contributed by atoms with E-state index in [2.05, 4.69) is 43.5 Å². The summed E-state index contributed by atoms with van der Waals surface area (Å²) in [6, 6.07) is -0.859. The van der Waals surface area contributed by atoms with E-state index in [0.717, 1.165) is 77.0 Å². The molecule has 0 aliphatic heterocycles. The highest BCUT2D eigenvalue weighted by molar-refractivity contribution is 5.83. The first-order valence-corrected chi connectivity index (χ1v) is 22.2. The van der Waals surface area contributed by atoms with Crippen LogP contribution >= 0.6 is 0 Å². The van der Waals surface area contributed by atoms with Gasteiger partial charge in [0.25, 0.3) is 0 Å². The monoisotopic (exact) mass is 733 g/mol. The molecule has 0 aliphatic carbocycles. The summed E-state index contributed by atoms with van der Waals surface area (Å²) in [5.74, 6) is -1.25. The van der Waals surface area contributed by atoms with Crippen LogP contribution in [0.15, 0.2) is 24.3 Å². The lowest BCUT2D eigenvalue weighted by molar-refractivity contribution is -0.150. The van der Waals surface area contributed by atoms with E-state index in [1.165, 1.54) is 109 Å². The van der Waals surface area contributed by atoms with Crippen molar-refractivity contribution < 1.29 is 24.2 Å². The van der Waals surface area contributed by atoms with Gasteiger partial charge in [-0.2, -0.15) is 0 Å². The molecule has 0 saturated carbocycles. The first kappa shape index (κ1) is 49.9. The van der Waals surface area contributed by atoms with Crippen LogP contribution in [0.25, 0.3) is 0 Å². The quantitative estimate of drug-likeness (QED) is 0.0328. The molecular formula is C45H84N2O5. The van der Waals surface area contributed by atoms with E-state index in [1.54, 1.807) is 0 Å². The Morgan fingerprint density at radius 2 is 1.02 bits per heavy atom. The Morgan fingerprint density at radius 1 is 0.558 bits per heavy atom. The van der Waals surface area contributed by atoms with Crippen molar-refractivity contribution in [3.05, 3.63) is 24.3 Å². The topological polar surface area (TPSA) is 119 Å². The largest absolute Gasteiger partial charge is 0.480 e. The summed E-state index contributed by atoms with van der Waals surface area (Å²) < 4.78 is 6.02. The molecule has 7 nitrogen and oxygen atoms in total. The van der Waals surface area contributed by atoms with Crippen LogP contribution in [-0.4, -0.2) is 41.6 Å². The number of unbranched alkanes of at least 4 members (excludes halogenated alkanes) is 22. The number of carbonyl (C=O) groups is 3. The fourth-order valence-electron chi connectivity index (χ4n) is 6.66. The van der Waals surface area contributed by atoms with Crippen LogP contribution in [0.3, 0.4) is 0 Å². The summed E-state index contributed by atoms with van der Waals surface area (Å²) in [5, 5.41) is 11.9. The zero-order valence-electron chi connectivity index (χ0n) is 34.2. The number of carbonyl (C=O) groups excluding carboxylic acids is 2. The first-order chi connectivity index (χ1) is 25.4. The van der Waals surface area contributed by atoms with Gasteiger partial charge in [-0.15, -0.1) is 0 Å². The number of ether oxygens (including phenoxy) is 1. The number of nitrogens with two attached hydrogens (primary N) is 1. The van der Waals surface area contributed by atoms with Gasteiger partial charge in [0.2, 0.25) is 5.91 Å². The smallest absolute Gasteiger partial charge is 0.326 e. The standard InChI is InChI=1S/C45H84N2O5/c1-3-5-7-9-11-13-15-16-17-18-20-22-24-29-33-39-44(49)52-41(35-30-26-23-21-19-14-12-10-8-6-4-2)36-31-27-25-28-32-38-43(48)47-42(45(50)51)37-34-40-46/h12,14,21,23,41-42H,3-11,13,15-20,22,24-40,46H2,1-2H3,(H,47,48)(H,50,51)/b14-12-,23-21-. The number of carboxylic acids is 1. The van der Waals surface area contributed by atoms with Crippen molar-refractivity contribution in [2.24, 2.45) is 5.73 Å².